The van der Waals surface area contributed by atoms with Crippen molar-refractivity contribution in [1.29, 1.82) is 0 Å². The molecule has 0 heterocycles. The van der Waals surface area contributed by atoms with E-state index in [-0.39, 0.29) is 5.91 Å². The Bertz CT molecular complexity index is 333. The van der Waals surface area contributed by atoms with E-state index < -0.39 is 0 Å². The van der Waals surface area contributed by atoms with E-state index in [0.29, 0.717) is 18.9 Å². The number of carbonyl (C=O) groups excluding carboxylic acids is 1. The van der Waals surface area contributed by atoms with Gasteiger partial charge in [-0.15, -0.1) is 11.8 Å². The second-order valence-corrected chi connectivity index (χ2v) is 3.93. The Kier molecular flexibility index (Phi) is 6.19. The number of hydrogen-bond donors (Lipinski definition) is 1. The molecule has 1 fully saturated rings. The van der Waals surface area contributed by atoms with E-state index in [1.54, 1.807) is 0 Å². The molecule has 86 valence electrons. The monoisotopic (exact) mass is 217 g/mol. The molecule has 2 nitrogen and oxygen atoms in total. The minimum absolute atomic E-state index is 0.176. The van der Waals surface area contributed by atoms with Crippen LogP contribution in [0.25, 0.3) is 0 Å². The summed E-state index contributed by atoms with van der Waals surface area (Å²) in [5, 5.41) is 2.96. The summed E-state index contributed by atoms with van der Waals surface area (Å²) in [5.41, 5.74) is 0. The predicted octanol–water partition coefficient (Wildman–Crippen LogP) is 2.24. The summed E-state index contributed by atoms with van der Waals surface area (Å²) in [6.07, 6.45) is 6.11. The van der Waals surface area contributed by atoms with Crippen LogP contribution in [0.3, 0.4) is 0 Å². The van der Waals surface area contributed by atoms with Crippen LogP contribution >= 0.6 is 0 Å². The molecule has 0 radical (unpaired) electrons. The van der Waals surface area contributed by atoms with Gasteiger partial charge in [0.1, 0.15) is 0 Å². The molecule has 0 spiro atoms. The molecule has 0 aromatic carbocycles. The second kappa shape index (κ2) is 7.83. The lowest BCUT2D eigenvalue weighted by Gasteiger charge is -2.00. The second-order valence-electron chi connectivity index (χ2n) is 3.93. The third kappa shape index (κ3) is 6.96. The van der Waals surface area contributed by atoms with Gasteiger partial charge in [0.15, 0.2) is 0 Å². The van der Waals surface area contributed by atoms with Crippen LogP contribution in [0, 0.1) is 23.7 Å². The van der Waals surface area contributed by atoms with Crippen LogP contribution in [0.5, 0.6) is 0 Å². The van der Waals surface area contributed by atoms with Crippen LogP contribution in [0.1, 0.15) is 51.9 Å². The smallest absolute Gasteiger partial charge is 0.220 e. The first-order valence-corrected chi connectivity index (χ1v) is 6.03. The van der Waals surface area contributed by atoms with Gasteiger partial charge in [-0.25, -0.2) is 0 Å². The molecular weight excluding hydrogens is 198 g/mol. The van der Waals surface area contributed by atoms with Crippen LogP contribution in [0.15, 0.2) is 0 Å². The Hall–Kier alpha value is -1.41. The lowest BCUT2D eigenvalue weighted by molar-refractivity contribution is -0.121. The van der Waals surface area contributed by atoms with Gasteiger partial charge in [-0.2, -0.15) is 0 Å². The maximum absolute atomic E-state index is 11.3. The molecule has 0 unspecified atom stereocenters. The Balaban J connectivity index is 1.95. The van der Waals surface area contributed by atoms with Gasteiger partial charge < -0.3 is 5.32 Å². The molecule has 0 aliphatic heterocycles. The molecule has 0 atom stereocenters. The van der Waals surface area contributed by atoms with Crippen LogP contribution < -0.4 is 5.32 Å². The largest absolute Gasteiger partial charge is 0.353 e. The summed E-state index contributed by atoms with van der Waals surface area (Å²) in [7, 11) is 0. The van der Waals surface area contributed by atoms with E-state index in [0.717, 1.165) is 32.1 Å². The maximum Gasteiger partial charge on any atom is 0.220 e. The molecule has 1 amide bonds. The summed E-state index contributed by atoms with van der Waals surface area (Å²) in [6, 6.07) is 0.475. The number of nitrogens with one attached hydrogen (secondary N) is 1. The standard InChI is InChI=1S/C14H19NO/c1-2-3-4-5-6-7-8-9-10-14(16)15-13-11-12-13/h13H,2,5,8-12H2,1H3,(H,15,16). The van der Waals surface area contributed by atoms with Gasteiger partial charge in [0, 0.05) is 25.3 Å². The Morgan fingerprint density at radius 3 is 2.69 bits per heavy atom. The van der Waals surface area contributed by atoms with Gasteiger partial charge in [-0.1, -0.05) is 18.8 Å². The summed E-state index contributed by atoms with van der Waals surface area (Å²) >= 11 is 0. The Morgan fingerprint density at radius 2 is 2.00 bits per heavy atom. The zero-order valence-electron chi connectivity index (χ0n) is 9.94. The fraction of sp³-hybridized carbons (Fsp3) is 0.643. The van der Waals surface area contributed by atoms with Crippen molar-refractivity contribution in [2.45, 2.75) is 57.9 Å². The molecular formula is C14H19NO. The molecule has 2 heteroatoms. The minimum atomic E-state index is 0.176. The Morgan fingerprint density at radius 1 is 1.25 bits per heavy atom. The van der Waals surface area contributed by atoms with Crippen molar-refractivity contribution in [2.24, 2.45) is 0 Å². The number of amides is 1. The van der Waals surface area contributed by atoms with Crippen molar-refractivity contribution >= 4 is 5.91 Å². The predicted molar refractivity (Wildman–Crippen MR) is 65.5 cm³/mol. The lowest BCUT2D eigenvalue weighted by Crippen LogP contribution is -2.24. The number of carbonyl (C=O) groups is 1. The highest BCUT2D eigenvalue weighted by atomic mass is 16.1. The van der Waals surface area contributed by atoms with E-state index in [9.17, 15) is 4.79 Å². The van der Waals surface area contributed by atoms with Crippen LogP contribution in [-0.4, -0.2) is 11.9 Å². The van der Waals surface area contributed by atoms with Crippen LogP contribution in [0.4, 0.5) is 0 Å². The van der Waals surface area contributed by atoms with Crippen molar-refractivity contribution in [2.75, 3.05) is 0 Å². The molecule has 1 rings (SSSR count). The van der Waals surface area contributed by atoms with E-state index in [2.05, 4.69) is 29.0 Å². The average Bonchev–Trinajstić information content (AvgIpc) is 3.06. The van der Waals surface area contributed by atoms with E-state index in [1.165, 1.54) is 0 Å². The topological polar surface area (TPSA) is 29.1 Å². The van der Waals surface area contributed by atoms with Crippen molar-refractivity contribution in [1.82, 2.24) is 5.32 Å². The summed E-state index contributed by atoms with van der Waals surface area (Å²) in [5.74, 6) is 12.1. The molecule has 1 saturated carbocycles. The number of unbranched alkanes of at least 4 members (excludes halogenated alkanes) is 1. The molecule has 1 aliphatic rings. The Labute approximate surface area is 98.2 Å². The quantitative estimate of drug-likeness (QED) is 0.568. The SMILES string of the molecule is CCC#CCC#CCCCC(=O)NC1CC1. The fourth-order valence-corrected chi connectivity index (χ4v) is 1.25. The van der Waals surface area contributed by atoms with Crippen molar-refractivity contribution in [3.05, 3.63) is 0 Å². The van der Waals surface area contributed by atoms with E-state index >= 15 is 0 Å². The molecule has 0 aromatic heterocycles. The number of rotatable bonds is 4. The normalized spacial score (nSPS) is 13.1. The molecule has 0 bridgehead atoms. The third-order valence-electron chi connectivity index (χ3n) is 2.25. The highest BCUT2D eigenvalue weighted by molar-refractivity contribution is 5.76. The average molecular weight is 217 g/mol. The third-order valence-corrected chi connectivity index (χ3v) is 2.25. The molecule has 16 heavy (non-hydrogen) atoms. The molecule has 1 aliphatic carbocycles. The van der Waals surface area contributed by atoms with Gasteiger partial charge in [-0.3, -0.25) is 4.79 Å². The minimum Gasteiger partial charge on any atom is -0.353 e. The summed E-state index contributed by atoms with van der Waals surface area (Å²) in [4.78, 5) is 11.3. The summed E-state index contributed by atoms with van der Waals surface area (Å²) < 4.78 is 0. The van der Waals surface area contributed by atoms with Gasteiger partial charge in [0.2, 0.25) is 5.91 Å². The fourth-order valence-electron chi connectivity index (χ4n) is 1.25. The van der Waals surface area contributed by atoms with Crippen LogP contribution in [-0.2, 0) is 4.79 Å². The van der Waals surface area contributed by atoms with Crippen molar-refractivity contribution in [3.63, 3.8) is 0 Å². The highest BCUT2D eigenvalue weighted by Crippen LogP contribution is 2.18. The lowest BCUT2D eigenvalue weighted by atomic mass is 10.2. The van der Waals surface area contributed by atoms with E-state index in [4.69, 9.17) is 0 Å². The highest BCUT2D eigenvalue weighted by Gasteiger charge is 2.22. The van der Waals surface area contributed by atoms with Crippen molar-refractivity contribution < 1.29 is 4.79 Å². The first-order chi connectivity index (χ1) is 7.83. The summed E-state index contributed by atoms with van der Waals surface area (Å²) in [6.45, 7) is 2.03. The maximum atomic E-state index is 11.3. The van der Waals surface area contributed by atoms with Crippen molar-refractivity contribution in [3.8, 4) is 23.7 Å². The zero-order valence-corrected chi connectivity index (χ0v) is 9.94. The van der Waals surface area contributed by atoms with Crippen LogP contribution in [0.2, 0.25) is 0 Å². The van der Waals surface area contributed by atoms with E-state index in [1.807, 2.05) is 6.92 Å². The van der Waals surface area contributed by atoms with Gasteiger partial charge in [-0.05, 0) is 19.3 Å². The number of hydrogen-bond acceptors (Lipinski definition) is 1. The zero-order chi connectivity index (χ0) is 11.6. The van der Waals surface area contributed by atoms with Gasteiger partial charge in [0.25, 0.3) is 0 Å². The first kappa shape index (κ1) is 12.7. The van der Waals surface area contributed by atoms with Gasteiger partial charge >= 0.3 is 0 Å². The molecule has 0 saturated heterocycles. The molecule has 1 N–H and O–H groups in total. The van der Waals surface area contributed by atoms with Gasteiger partial charge in [0.05, 0.1) is 6.42 Å². The molecule has 0 aromatic rings. The first-order valence-electron chi connectivity index (χ1n) is 6.03.